The number of carbonyl (C=O) groups is 1. The molecule has 2 aromatic heterocycles. The Labute approximate surface area is 162 Å². The van der Waals surface area contributed by atoms with Crippen LogP contribution in [-0.4, -0.2) is 48.6 Å². The second-order valence-corrected chi connectivity index (χ2v) is 7.96. The number of anilines is 2. The molecule has 1 fully saturated rings. The molecule has 7 heteroatoms. The molecule has 6 nitrogen and oxygen atoms in total. The highest BCUT2D eigenvalue weighted by molar-refractivity contribution is 7.16. The molecule has 1 aromatic carbocycles. The van der Waals surface area contributed by atoms with Crippen LogP contribution in [0.4, 0.5) is 11.5 Å². The molecule has 1 aliphatic heterocycles. The molecule has 0 atom stereocenters. The lowest BCUT2D eigenvalue weighted by Gasteiger charge is -2.32. The fourth-order valence-electron chi connectivity index (χ4n) is 3.66. The number of quaternary nitrogens is 1. The van der Waals surface area contributed by atoms with Gasteiger partial charge in [0.05, 0.1) is 31.6 Å². The number of aromatic nitrogens is 2. The summed E-state index contributed by atoms with van der Waals surface area (Å²) in [5, 5.41) is 6.28. The standard InChI is InChI=1S/C20H23N5OS/c1-14-4-3-5-15(2)18(14)23-17(26)12-24-7-9-25(10-8-24)19-16-6-11-27-20(16)22-13-21-19/h3-6,11,13H,7-10,12H2,1-2H3,(H,23,26)/p+1. The van der Waals surface area contributed by atoms with E-state index in [-0.39, 0.29) is 5.91 Å². The van der Waals surface area contributed by atoms with Crippen LogP contribution in [0.2, 0.25) is 0 Å². The average Bonchev–Trinajstić information content (AvgIpc) is 3.14. The third kappa shape index (κ3) is 3.79. The molecular weight excluding hydrogens is 358 g/mol. The Bertz CT molecular complexity index is 942. The number of para-hydroxylation sites is 1. The van der Waals surface area contributed by atoms with Crippen molar-refractivity contribution in [3.63, 3.8) is 0 Å². The lowest BCUT2D eigenvalue weighted by molar-refractivity contribution is -0.892. The van der Waals surface area contributed by atoms with E-state index in [2.05, 4.69) is 31.6 Å². The van der Waals surface area contributed by atoms with E-state index in [1.54, 1.807) is 17.7 Å². The zero-order chi connectivity index (χ0) is 18.8. The summed E-state index contributed by atoms with van der Waals surface area (Å²) < 4.78 is 0. The average molecular weight is 383 g/mol. The van der Waals surface area contributed by atoms with Crippen molar-refractivity contribution in [1.29, 1.82) is 0 Å². The Kier molecular flexibility index (Phi) is 5.05. The first-order valence-corrected chi connectivity index (χ1v) is 10.1. The highest BCUT2D eigenvalue weighted by Crippen LogP contribution is 2.26. The molecule has 0 spiro atoms. The van der Waals surface area contributed by atoms with Crippen LogP contribution in [-0.2, 0) is 4.79 Å². The van der Waals surface area contributed by atoms with E-state index in [0.717, 1.165) is 59.0 Å². The monoisotopic (exact) mass is 382 g/mol. The Balaban J connectivity index is 1.36. The van der Waals surface area contributed by atoms with Crippen LogP contribution in [0.1, 0.15) is 11.1 Å². The molecule has 140 valence electrons. The first kappa shape index (κ1) is 17.9. The number of benzene rings is 1. The summed E-state index contributed by atoms with van der Waals surface area (Å²) in [6.45, 7) is 8.20. The van der Waals surface area contributed by atoms with Gasteiger partial charge < -0.3 is 15.1 Å². The van der Waals surface area contributed by atoms with E-state index in [0.29, 0.717) is 6.54 Å². The maximum Gasteiger partial charge on any atom is 0.279 e. The summed E-state index contributed by atoms with van der Waals surface area (Å²) in [6, 6.07) is 8.16. The molecule has 3 heterocycles. The number of nitrogens with one attached hydrogen (secondary N) is 2. The zero-order valence-electron chi connectivity index (χ0n) is 15.7. The molecule has 1 amide bonds. The van der Waals surface area contributed by atoms with Crippen LogP contribution in [0, 0.1) is 13.8 Å². The summed E-state index contributed by atoms with van der Waals surface area (Å²) in [6.07, 6.45) is 1.64. The number of fused-ring (bicyclic) bond motifs is 1. The number of hydrogen-bond acceptors (Lipinski definition) is 5. The molecule has 2 N–H and O–H groups in total. The number of rotatable bonds is 4. The molecule has 0 radical (unpaired) electrons. The maximum absolute atomic E-state index is 12.5. The van der Waals surface area contributed by atoms with Crippen LogP contribution >= 0.6 is 11.3 Å². The fourth-order valence-corrected chi connectivity index (χ4v) is 4.39. The molecule has 4 rings (SSSR count). The van der Waals surface area contributed by atoms with Gasteiger partial charge in [0.25, 0.3) is 5.91 Å². The normalized spacial score (nSPS) is 15.3. The minimum atomic E-state index is 0.0816. The Morgan fingerprint density at radius 3 is 2.67 bits per heavy atom. The minimum Gasteiger partial charge on any atom is -0.345 e. The summed E-state index contributed by atoms with van der Waals surface area (Å²) in [5.41, 5.74) is 3.15. The van der Waals surface area contributed by atoms with Gasteiger partial charge in [-0.25, -0.2) is 9.97 Å². The molecule has 0 unspecified atom stereocenters. The molecule has 1 aliphatic rings. The predicted octanol–water partition coefficient (Wildman–Crippen LogP) is 1.65. The largest absolute Gasteiger partial charge is 0.345 e. The summed E-state index contributed by atoms with van der Waals surface area (Å²) in [4.78, 5) is 26.0. The van der Waals surface area contributed by atoms with E-state index >= 15 is 0 Å². The third-order valence-electron chi connectivity index (χ3n) is 5.17. The predicted molar refractivity (Wildman–Crippen MR) is 110 cm³/mol. The highest BCUT2D eigenvalue weighted by atomic mass is 32.1. The molecule has 0 bridgehead atoms. The fraction of sp³-hybridized carbons (Fsp3) is 0.350. The van der Waals surface area contributed by atoms with Crippen molar-refractivity contribution in [1.82, 2.24) is 9.97 Å². The van der Waals surface area contributed by atoms with Gasteiger partial charge in [-0.2, -0.15) is 0 Å². The van der Waals surface area contributed by atoms with Crippen molar-refractivity contribution < 1.29 is 9.69 Å². The van der Waals surface area contributed by atoms with Crippen molar-refractivity contribution in [3.8, 4) is 0 Å². The van der Waals surface area contributed by atoms with Crippen molar-refractivity contribution in [2.24, 2.45) is 0 Å². The van der Waals surface area contributed by atoms with Gasteiger partial charge in [0.2, 0.25) is 0 Å². The van der Waals surface area contributed by atoms with Crippen molar-refractivity contribution in [2.75, 3.05) is 42.9 Å². The Morgan fingerprint density at radius 2 is 1.93 bits per heavy atom. The number of aryl methyl sites for hydroxylation is 2. The van der Waals surface area contributed by atoms with Gasteiger partial charge in [-0.3, -0.25) is 4.79 Å². The second kappa shape index (κ2) is 7.62. The minimum absolute atomic E-state index is 0.0816. The van der Waals surface area contributed by atoms with Crippen LogP contribution in [0.25, 0.3) is 10.2 Å². The highest BCUT2D eigenvalue weighted by Gasteiger charge is 2.24. The molecule has 0 saturated carbocycles. The zero-order valence-corrected chi connectivity index (χ0v) is 16.5. The van der Waals surface area contributed by atoms with Crippen molar-refractivity contribution >= 4 is 39.0 Å². The summed E-state index contributed by atoms with van der Waals surface area (Å²) in [5.74, 6) is 1.10. The molecule has 0 aliphatic carbocycles. The second-order valence-electron chi connectivity index (χ2n) is 7.07. The quantitative estimate of drug-likeness (QED) is 0.720. The first-order valence-electron chi connectivity index (χ1n) is 9.24. The molecule has 3 aromatic rings. The lowest BCUT2D eigenvalue weighted by Crippen LogP contribution is -3.15. The molecular formula is C20H24N5OS+. The van der Waals surface area contributed by atoms with Crippen LogP contribution in [0.3, 0.4) is 0 Å². The van der Waals surface area contributed by atoms with Crippen molar-refractivity contribution in [3.05, 3.63) is 47.1 Å². The number of hydrogen-bond donors (Lipinski definition) is 2. The molecule has 27 heavy (non-hydrogen) atoms. The van der Waals surface area contributed by atoms with Crippen molar-refractivity contribution in [2.45, 2.75) is 13.8 Å². The Morgan fingerprint density at radius 1 is 1.19 bits per heavy atom. The topological polar surface area (TPSA) is 62.6 Å². The summed E-state index contributed by atoms with van der Waals surface area (Å²) >= 11 is 1.64. The van der Waals surface area contributed by atoms with E-state index < -0.39 is 0 Å². The van der Waals surface area contributed by atoms with Gasteiger partial charge in [-0.05, 0) is 36.4 Å². The van der Waals surface area contributed by atoms with Gasteiger partial charge in [-0.15, -0.1) is 11.3 Å². The Hall–Kier alpha value is -2.51. The smallest absolute Gasteiger partial charge is 0.279 e. The van der Waals surface area contributed by atoms with Crippen LogP contribution in [0.15, 0.2) is 36.0 Å². The number of piperazine rings is 1. The van der Waals surface area contributed by atoms with E-state index in [9.17, 15) is 4.79 Å². The van der Waals surface area contributed by atoms with E-state index in [1.807, 2.05) is 32.0 Å². The lowest BCUT2D eigenvalue weighted by atomic mass is 10.1. The number of amides is 1. The summed E-state index contributed by atoms with van der Waals surface area (Å²) in [7, 11) is 0. The van der Waals surface area contributed by atoms with E-state index in [1.165, 1.54) is 4.90 Å². The number of thiophene rings is 1. The maximum atomic E-state index is 12.5. The first-order chi connectivity index (χ1) is 13.1. The van der Waals surface area contributed by atoms with Gasteiger partial charge in [0, 0.05) is 5.69 Å². The number of nitrogens with zero attached hydrogens (tertiary/aromatic N) is 3. The van der Waals surface area contributed by atoms with Gasteiger partial charge >= 0.3 is 0 Å². The van der Waals surface area contributed by atoms with E-state index in [4.69, 9.17) is 0 Å². The number of carbonyl (C=O) groups excluding carboxylic acids is 1. The van der Waals surface area contributed by atoms with Crippen LogP contribution < -0.4 is 15.1 Å². The third-order valence-corrected chi connectivity index (χ3v) is 5.99. The van der Waals surface area contributed by atoms with Gasteiger partial charge in [-0.1, -0.05) is 18.2 Å². The van der Waals surface area contributed by atoms with Gasteiger partial charge in [0.15, 0.2) is 6.54 Å². The van der Waals surface area contributed by atoms with Gasteiger partial charge in [0.1, 0.15) is 17.0 Å². The van der Waals surface area contributed by atoms with Crippen LogP contribution in [0.5, 0.6) is 0 Å². The SMILES string of the molecule is Cc1cccc(C)c1NC(=O)C[NH+]1CCN(c2ncnc3sccc23)CC1. The molecule has 1 saturated heterocycles.